The zero-order valence-electron chi connectivity index (χ0n) is 11.1. The van der Waals surface area contributed by atoms with Gasteiger partial charge in [0.15, 0.2) is 0 Å². The molecule has 2 heterocycles. The molecule has 1 aliphatic rings. The maximum Gasteiger partial charge on any atom is 0.258 e. The number of nitrogens with one attached hydrogen (secondary N) is 2. The van der Waals surface area contributed by atoms with E-state index in [0.29, 0.717) is 11.4 Å². The summed E-state index contributed by atoms with van der Waals surface area (Å²) in [5.74, 6) is -0.850. The number of hydrogen-bond donors (Lipinski definition) is 2. The van der Waals surface area contributed by atoms with Crippen LogP contribution in [-0.2, 0) is 0 Å². The summed E-state index contributed by atoms with van der Waals surface area (Å²) in [7, 11) is 0. The molecule has 0 atom stereocenters. The lowest BCUT2D eigenvalue weighted by molar-refractivity contribution is 0.0879. The predicted octanol–water partition coefficient (Wildman–Crippen LogP) is 1.53. The molecule has 104 valence electrons. The Bertz CT molecular complexity index is 783. The second-order valence-corrected chi connectivity index (χ2v) is 4.67. The lowest BCUT2D eigenvalue weighted by Crippen LogP contribution is -2.20. The average molecular weight is 281 g/mol. The van der Waals surface area contributed by atoms with Gasteiger partial charge in [-0.1, -0.05) is 6.07 Å². The SMILES string of the molecule is Cc1cccnc1NC(=O)c1ccc2c(c1)C(=O)NC2=O. The molecule has 6 nitrogen and oxygen atoms in total. The van der Waals surface area contributed by atoms with Crippen molar-refractivity contribution in [2.45, 2.75) is 6.92 Å². The van der Waals surface area contributed by atoms with Crippen LogP contribution in [0, 0.1) is 6.92 Å². The van der Waals surface area contributed by atoms with Crippen LogP contribution >= 0.6 is 0 Å². The fourth-order valence-electron chi connectivity index (χ4n) is 2.11. The molecule has 21 heavy (non-hydrogen) atoms. The van der Waals surface area contributed by atoms with Crippen molar-refractivity contribution in [1.82, 2.24) is 10.3 Å². The first kappa shape index (κ1) is 13.0. The van der Waals surface area contributed by atoms with E-state index in [4.69, 9.17) is 0 Å². The molecule has 3 rings (SSSR count). The number of fused-ring (bicyclic) bond motifs is 1. The first-order chi connectivity index (χ1) is 10.1. The van der Waals surface area contributed by atoms with Crippen LogP contribution in [-0.4, -0.2) is 22.7 Å². The molecular weight excluding hydrogens is 270 g/mol. The fraction of sp³-hybridized carbons (Fsp3) is 0.0667. The van der Waals surface area contributed by atoms with E-state index in [-0.39, 0.29) is 17.0 Å². The van der Waals surface area contributed by atoms with Crippen LogP contribution in [0.5, 0.6) is 0 Å². The highest BCUT2D eigenvalue weighted by molar-refractivity contribution is 6.22. The van der Waals surface area contributed by atoms with Gasteiger partial charge < -0.3 is 5.32 Å². The van der Waals surface area contributed by atoms with Gasteiger partial charge in [0.05, 0.1) is 11.1 Å². The summed E-state index contributed by atoms with van der Waals surface area (Å²) >= 11 is 0. The fourth-order valence-corrected chi connectivity index (χ4v) is 2.11. The summed E-state index contributed by atoms with van der Waals surface area (Å²) in [4.78, 5) is 39.3. The third kappa shape index (κ3) is 2.27. The van der Waals surface area contributed by atoms with Gasteiger partial charge in [-0.15, -0.1) is 0 Å². The maximum absolute atomic E-state index is 12.2. The highest BCUT2D eigenvalue weighted by Gasteiger charge is 2.27. The number of aryl methyl sites for hydroxylation is 1. The van der Waals surface area contributed by atoms with Gasteiger partial charge in [-0.05, 0) is 36.8 Å². The van der Waals surface area contributed by atoms with Crippen LogP contribution in [0.1, 0.15) is 36.6 Å². The van der Waals surface area contributed by atoms with Gasteiger partial charge in [-0.3, -0.25) is 19.7 Å². The van der Waals surface area contributed by atoms with Crippen LogP contribution in [0.2, 0.25) is 0 Å². The summed E-state index contributed by atoms with van der Waals surface area (Å²) in [6.45, 7) is 1.83. The zero-order chi connectivity index (χ0) is 15.0. The minimum atomic E-state index is -0.487. The molecule has 1 aliphatic heterocycles. The first-order valence-corrected chi connectivity index (χ1v) is 6.29. The molecular formula is C15H11N3O3. The van der Waals surface area contributed by atoms with Crippen LogP contribution in [0.3, 0.4) is 0 Å². The zero-order valence-corrected chi connectivity index (χ0v) is 11.1. The quantitative estimate of drug-likeness (QED) is 0.817. The maximum atomic E-state index is 12.2. The number of anilines is 1. The number of carbonyl (C=O) groups is 3. The first-order valence-electron chi connectivity index (χ1n) is 6.29. The smallest absolute Gasteiger partial charge is 0.258 e. The summed E-state index contributed by atoms with van der Waals surface area (Å²) < 4.78 is 0. The van der Waals surface area contributed by atoms with E-state index < -0.39 is 11.8 Å². The lowest BCUT2D eigenvalue weighted by atomic mass is 10.1. The average Bonchev–Trinajstić information content (AvgIpc) is 2.76. The standard InChI is InChI=1S/C15H11N3O3/c1-8-3-2-6-16-12(8)17-13(19)9-4-5-10-11(7-9)15(21)18-14(10)20/h2-7H,1H3,(H,16,17,19)(H,18,20,21). The Morgan fingerprint density at radius 3 is 2.67 bits per heavy atom. The molecule has 0 bridgehead atoms. The molecule has 0 radical (unpaired) electrons. The Balaban J connectivity index is 1.90. The van der Waals surface area contributed by atoms with Crippen molar-refractivity contribution < 1.29 is 14.4 Å². The van der Waals surface area contributed by atoms with E-state index in [0.717, 1.165) is 5.56 Å². The van der Waals surface area contributed by atoms with Gasteiger partial charge in [-0.2, -0.15) is 0 Å². The number of amides is 3. The normalized spacial score (nSPS) is 12.8. The van der Waals surface area contributed by atoms with Gasteiger partial charge in [-0.25, -0.2) is 4.98 Å². The van der Waals surface area contributed by atoms with Gasteiger partial charge in [0.25, 0.3) is 17.7 Å². The number of carbonyl (C=O) groups excluding carboxylic acids is 3. The van der Waals surface area contributed by atoms with E-state index in [1.165, 1.54) is 18.2 Å². The van der Waals surface area contributed by atoms with E-state index in [9.17, 15) is 14.4 Å². The Hall–Kier alpha value is -3.02. The van der Waals surface area contributed by atoms with E-state index in [1.807, 2.05) is 13.0 Å². The van der Waals surface area contributed by atoms with Crippen molar-refractivity contribution in [1.29, 1.82) is 0 Å². The number of rotatable bonds is 2. The Labute approximate surface area is 120 Å². The molecule has 0 unspecified atom stereocenters. The Morgan fingerprint density at radius 2 is 1.90 bits per heavy atom. The second kappa shape index (κ2) is 4.82. The molecule has 6 heteroatoms. The molecule has 2 aromatic rings. The van der Waals surface area contributed by atoms with Crippen molar-refractivity contribution in [3.63, 3.8) is 0 Å². The molecule has 3 amide bonds. The third-order valence-electron chi connectivity index (χ3n) is 3.24. The lowest BCUT2D eigenvalue weighted by Gasteiger charge is -2.07. The number of pyridine rings is 1. The summed E-state index contributed by atoms with van der Waals surface area (Å²) in [6, 6.07) is 7.98. The van der Waals surface area contributed by atoms with Gasteiger partial charge in [0.1, 0.15) is 5.82 Å². The minimum Gasteiger partial charge on any atom is -0.306 e. The van der Waals surface area contributed by atoms with Crippen molar-refractivity contribution in [3.8, 4) is 0 Å². The Kier molecular flexibility index (Phi) is 2.98. The number of benzene rings is 1. The van der Waals surface area contributed by atoms with Gasteiger partial charge in [0, 0.05) is 11.8 Å². The Morgan fingerprint density at radius 1 is 1.14 bits per heavy atom. The molecule has 0 aliphatic carbocycles. The molecule has 1 aromatic heterocycles. The molecule has 0 fully saturated rings. The van der Waals surface area contributed by atoms with Crippen LogP contribution in [0.4, 0.5) is 5.82 Å². The van der Waals surface area contributed by atoms with Crippen LogP contribution in [0.25, 0.3) is 0 Å². The summed E-state index contributed by atoms with van der Waals surface area (Å²) in [6.07, 6.45) is 1.58. The van der Waals surface area contributed by atoms with Crippen molar-refractivity contribution in [2.24, 2.45) is 0 Å². The number of hydrogen-bond acceptors (Lipinski definition) is 4. The summed E-state index contributed by atoms with van der Waals surface area (Å²) in [5, 5.41) is 4.86. The second-order valence-electron chi connectivity index (χ2n) is 4.67. The molecule has 0 saturated carbocycles. The third-order valence-corrected chi connectivity index (χ3v) is 3.24. The predicted molar refractivity (Wildman–Crippen MR) is 75.2 cm³/mol. The van der Waals surface area contributed by atoms with E-state index in [2.05, 4.69) is 15.6 Å². The molecule has 0 spiro atoms. The van der Waals surface area contributed by atoms with Gasteiger partial charge >= 0.3 is 0 Å². The van der Waals surface area contributed by atoms with Crippen molar-refractivity contribution in [2.75, 3.05) is 5.32 Å². The van der Waals surface area contributed by atoms with Gasteiger partial charge in [0.2, 0.25) is 0 Å². The number of imide groups is 1. The summed E-state index contributed by atoms with van der Waals surface area (Å²) in [5.41, 5.74) is 1.62. The minimum absolute atomic E-state index is 0.213. The van der Waals surface area contributed by atoms with Crippen molar-refractivity contribution >= 4 is 23.5 Å². The highest BCUT2D eigenvalue weighted by Crippen LogP contribution is 2.18. The molecule has 1 aromatic carbocycles. The van der Waals surface area contributed by atoms with Crippen molar-refractivity contribution in [3.05, 3.63) is 58.8 Å². The van der Waals surface area contributed by atoms with Crippen LogP contribution in [0.15, 0.2) is 36.5 Å². The topological polar surface area (TPSA) is 88.2 Å². The molecule has 2 N–H and O–H groups in total. The monoisotopic (exact) mass is 281 g/mol. The van der Waals surface area contributed by atoms with E-state index in [1.54, 1.807) is 12.3 Å². The largest absolute Gasteiger partial charge is 0.306 e. The highest BCUT2D eigenvalue weighted by atomic mass is 16.2. The number of nitrogens with zero attached hydrogens (tertiary/aromatic N) is 1. The van der Waals surface area contributed by atoms with Crippen LogP contribution < -0.4 is 10.6 Å². The molecule has 0 saturated heterocycles. The number of aromatic nitrogens is 1. The van der Waals surface area contributed by atoms with E-state index >= 15 is 0 Å².